The molecule has 0 radical (unpaired) electrons. The fraction of sp³-hybridized carbons (Fsp3) is 0.149. The number of halogens is 2. The molecular weight excluding hydrogens is 727 g/mol. The molecule has 0 saturated heterocycles. The van der Waals surface area contributed by atoms with Crippen molar-refractivity contribution in [2.24, 2.45) is 11.8 Å². The Labute approximate surface area is 328 Å². The highest BCUT2D eigenvalue weighted by atomic mass is 35.5. The number of benzene rings is 6. The Morgan fingerprint density at radius 2 is 0.855 bits per heavy atom. The summed E-state index contributed by atoms with van der Waals surface area (Å²) in [7, 11) is 0. The number of amides is 2. The monoisotopic (exact) mass is 760 g/mol. The Kier molecular flexibility index (Phi) is 8.56. The van der Waals surface area contributed by atoms with Crippen LogP contribution in [0.25, 0.3) is 0 Å². The van der Waals surface area contributed by atoms with Gasteiger partial charge in [0.05, 0.1) is 13.1 Å². The third kappa shape index (κ3) is 5.15. The summed E-state index contributed by atoms with van der Waals surface area (Å²) < 4.78 is 0. The van der Waals surface area contributed by atoms with Crippen molar-refractivity contribution in [2.45, 2.75) is 30.3 Å². The quantitative estimate of drug-likeness (QED) is 0.145. The number of anilines is 2. The van der Waals surface area contributed by atoms with E-state index in [1.54, 1.807) is 94.7 Å². The van der Waals surface area contributed by atoms with Gasteiger partial charge in [-0.15, -0.1) is 0 Å². The van der Waals surface area contributed by atoms with Crippen LogP contribution in [0.3, 0.4) is 0 Å². The van der Waals surface area contributed by atoms with E-state index in [0.29, 0.717) is 43.7 Å². The number of hydrogen-bond acceptors (Lipinski definition) is 4. The van der Waals surface area contributed by atoms with Gasteiger partial charge in [0.2, 0.25) is 11.8 Å². The third-order valence-electron chi connectivity index (χ3n) is 11.8. The maximum absolute atomic E-state index is 16.2. The van der Waals surface area contributed by atoms with E-state index in [1.807, 2.05) is 72.8 Å². The molecule has 8 heteroatoms. The largest absolute Gasteiger partial charge is 0.307 e. The second-order valence-corrected chi connectivity index (χ2v) is 15.4. The first-order valence-corrected chi connectivity index (χ1v) is 19.0. The predicted octanol–water partition coefficient (Wildman–Crippen LogP) is 9.66. The number of carbonyl (C=O) groups excluding carboxylic acids is 4. The highest BCUT2D eigenvalue weighted by molar-refractivity contribution is 6.32. The van der Waals surface area contributed by atoms with Gasteiger partial charge in [-0.25, -0.2) is 0 Å². The number of carbonyl (C=O) groups is 4. The van der Waals surface area contributed by atoms with E-state index in [-0.39, 0.29) is 31.1 Å². The molecule has 1 aliphatic carbocycles. The highest BCUT2D eigenvalue weighted by Crippen LogP contribution is 2.71. The summed E-state index contributed by atoms with van der Waals surface area (Å²) in [4.78, 5) is 66.5. The van der Waals surface area contributed by atoms with Crippen molar-refractivity contribution in [1.29, 1.82) is 0 Å². The van der Waals surface area contributed by atoms with E-state index < -0.39 is 34.5 Å². The summed E-state index contributed by atoms with van der Waals surface area (Å²) >= 11 is 13.7. The molecule has 2 aliphatic heterocycles. The average Bonchev–Trinajstić information content (AvgIpc) is 3.76. The van der Waals surface area contributed by atoms with E-state index >= 15 is 19.2 Å². The van der Waals surface area contributed by atoms with Crippen molar-refractivity contribution < 1.29 is 19.2 Å². The van der Waals surface area contributed by atoms with E-state index in [1.165, 1.54) is 0 Å². The van der Waals surface area contributed by atoms with E-state index in [9.17, 15) is 0 Å². The highest BCUT2D eigenvalue weighted by Gasteiger charge is 2.81. The van der Waals surface area contributed by atoms with Crippen molar-refractivity contribution in [1.82, 2.24) is 0 Å². The molecule has 0 aromatic heterocycles. The van der Waals surface area contributed by atoms with Crippen LogP contribution in [0, 0.1) is 11.8 Å². The molecule has 2 amide bonds. The fourth-order valence-electron chi connectivity index (χ4n) is 9.63. The number of Topliss-reactive ketones (excluding diaryl/α,β-unsaturated/α-hetero) is 2. The molecule has 1 saturated carbocycles. The minimum atomic E-state index is -1.91. The van der Waals surface area contributed by atoms with Gasteiger partial charge in [-0.05, 0) is 65.1 Å². The van der Waals surface area contributed by atoms with Gasteiger partial charge < -0.3 is 9.80 Å². The van der Waals surface area contributed by atoms with Crippen LogP contribution >= 0.6 is 23.2 Å². The summed E-state index contributed by atoms with van der Waals surface area (Å²) in [5, 5.41) is 0.675. The molecule has 9 rings (SSSR count). The summed E-state index contributed by atoms with van der Waals surface area (Å²) in [6.07, 6.45) is -0.0742. The summed E-state index contributed by atoms with van der Waals surface area (Å²) in [6, 6.07) is 47.3. The second kappa shape index (κ2) is 13.5. The molecule has 0 N–H and O–H groups in total. The van der Waals surface area contributed by atoms with Gasteiger partial charge in [0.15, 0.2) is 11.6 Å². The van der Waals surface area contributed by atoms with Crippen LogP contribution in [-0.2, 0) is 33.5 Å². The summed E-state index contributed by atoms with van der Waals surface area (Å²) in [5.41, 5.74) is 0.613. The van der Waals surface area contributed by atoms with Crippen molar-refractivity contribution in [3.63, 3.8) is 0 Å². The Balaban J connectivity index is 1.40. The summed E-state index contributed by atoms with van der Waals surface area (Å²) in [5.74, 6) is -3.83. The molecule has 0 bridgehead atoms. The van der Waals surface area contributed by atoms with Gasteiger partial charge >= 0.3 is 0 Å². The Morgan fingerprint density at radius 1 is 0.509 bits per heavy atom. The van der Waals surface area contributed by atoms with Gasteiger partial charge in [0, 0.05) is 44.4 Å². The maximum Gasteiger partial charge on any atom is 0.240 e. The Morgan fingerprint density at radius 3 is 1.22 bits per heavy atom. The van der Waals surface area contributed by atoms with Crippen LogP contribution in [0.2, 0.25) is 10.0 Å². The molecule has 1 fully saturated rings. The number of hydrogen-bond donors (Lipinski definition) is 0. The van der Waals surface area contributed by atoms with Crippen molar-refractivity contribution >= 4 is 58.0 Å². The third-order valence-corrected chi connectivity index (χ3v) is 12.2. The number of nitrogens with zero attached hydrogens (tertiary/aromatic N) is 2. The van der Waals surface area contributed by atoms with Crippen molar-refractivity contribution in [3.05, 3.63) is 201 Å². The van der Waals surface area contributed by atoms with Crippen LogP contribution < -0.4 is 9.80 Å². The molecule has 0 unspecified atom stereocenters. The van der Waals surface area contributed by atoms with Crippen LogP contribution in [0.5, 0.6) is 0 Å². The van der Waals surface area contributed by atoms with Crippen LogP contribution in [0.15, 0.2) is 158 Å². The lowest BCUT2D eigenvalue weighted by Gasteiger charge is -2.44. The molecule has 2 heterocycles. The zero-order chi connectivity index (χ0) is 37.9. The normalized spacial score (nSPS) is 22.4. The van der Waals surface area contributed by atoms with Gasteiger partial charge in [0.1, 0.15) is 10.8 Å². The SMILES string of the molecule is O=C(c1ccccc1)[C@H]1C[C@H](C(=O)c2ccccc2)[C@]2(C(=O)N(Cc3ccccc3)c3ccc(Cl)cc32)[C@]12C(=O)N(Cc1ccccc1)c1ccc(Cl)cc12. The van der Waals surface area contributed by atoms with Crippen LogP contribution in [-0.4, -0.2) is 23.4 Å². The molecule has 4 atom stereocenters. The van der Waals surface area contributed by atoms with Crippen molar-refractivity contribution in [2.75, 3.05) is 9.80 Å². The lowest BCUT2D eigenvalue weighted by atomic mass is 9.53. The maximum atomic E-state index is 16.2. The predicted molar refractivity (Wildman–Crippen MR) is 215 cm³/mol. The molecular formula is C47H34Cl2N2O4. The first-order chi connectivity index (χ1) is 26.8. The van der Waals surface area contributed by atoms with Gasteiger partial charge in [-0.3, -0.25) is 19.2 Å². The average molecular weight is 762 g/mol. The van der Waals surface area contributed by atoms with Crippen LogP contribution in [0.1, 0.15) is 49.4 Å². The smallest absolute Gasteiger partial charge is 0.240 e. The number of ketones is 2. The summed E-state index contributed by atoms with van der Waals surface area (Å²) in [6.45, 7) is 0.333. The second-order valence-electron chi connectivity index (χ2n) is 14.5. The van der Waals surface area contributed by atoms with E-state index in [4.69, 9.17) is 23.2 Å². The minimum absolute atomic E-state index is 0.0742. The Bertz CT molecular complexity index is 2320. The molecule has 6 aromatic carbocycles. The molecule has 6 aromatic rings. The first kappa shape index (κ1) is 34.9. The number of rotatable bonds is 8. The molecule has 3 aliphatic rings. The lowest BCUT2D eigenvalue weighted by Crippen LogP contribution is -2.63. The van der Waals surface area contributed by atoms with Crippen molar-refractivity contribution in [3.8, 4) is 0 Å². The molecule has 55 heavy (non-hydrogen) atoms. The van der Waals surface area contributed by atoms with Gasteiger partial charge in [-0.2, -0.15) is 0 Å². The van der Waals surface area contributed by atoms with Crippen LogP contribution in [0.4, 0.5) is 11.4 Å². The zero-order valence-corrected chi connectivity index (χ0v) is 31.1. The standard InChI is InChI=1S/C47H34Cl2N2O4/c48-34-21-23-40-36(25-34)46(44(54)50(40)28-30-13-5-1-6-14-30)38(42(52)32-17-9-3-10-18-32)27-39(43(53)33-19-11-4-12-20-33)47(46)37-26-35(49)22-24-41(37)51(45(47)55)29-31-15-7-2-8-16-31/h1-26,38-39H,27-29H2/t38-,39-,46-,47+/m1/s1. The topological polar surface area (TPSA) is 74.8 Å². The molecule has 2 spiro atoms. The molecule has 6 nitrogen and oxygen atoms in total. The minimum Gasteiger partial charge on any atom is -0.307 e. The first-order valence-electron chi connectivity index (χ1n) is 18.3. The van der Waals surface area contributed by atoms with Gasteiger partial charge in [-0.1, -0.05) is 145 Å². The zero-order valence-electron chi connectivity index (χ0n) is 29.6. The molecule has 270 valence electrons. The fourth-order valence-corrected chi connectivity index (χ4v) is 9.97. The Hall–Kier alpha value is -5.82. The number of fused-ring (bicyclic) bond motifs is 5. The van der Waals surface area contributed by atoms with E-state index in [0.717, 1.165) is 11.1 Å². The lowest BCUT2D eigenvalue weighted by molar-refractivity contribution is -0.135. The van der Waals surface area contributed by atoms with Gasteiger partial charge in [0.25, 0.3) is 0 Å². The van der Waals surface area contributed by atoms with E-state index in [2.05, 4.69) is 0 Å².